The molecule has 0 aromatic heterocycles. The molecule has 1 unspecified atom stereocenters. The van der Waals surface area contributed by atoms with E-state index in [1.54, 1.807) is 12.1 Å². The van der Waals surface area contributed by atoms with Crippen molar-refractivity contribution in [2.24, 2.45) is 0 Å². The van der Waals surface area contributed by atoms with Gasteiger partial charge in [-0.3, -0.25) is 0 Å². The fourth-order valence-electron chi connectivity index (χ4n) is 1.70. The van der Waals surface area contributed by atoms with Crippen molar-refractivity contribution in [3.8, 4) is 0 Å². The molecule has 0 nitrogen and oxygen atoms in total. The molecule has 0 fully saturated rings. The van der Waals surface area contributed by atoms with Gasteiger partial charge in [0.25, 0.3) is 0 Å². The zero-order valence-electron chi connectivity index (χ0n) is 9.34. The topological polar surface area (TPSA) is 0 Å². The zero-order chi connectivity index (χ0) is 13.1. The number of halogens is 4. The van der Waals surface area contributed by atoms with Crippen molar-refractivity contribution >= 4 is 39.1 Å². The third kappa shape index (κ3) is 3.47. The highest BCUT2D eigenvalue weighted by molar-refractivity contribution is 9.10. The van der Waals surface area contributed by atoms with E-state index in [0.717, 1.165) is 15.6 Å². The Hall–Kier alpha value is -0.570. The van der Waals surface area contributed by atoms with E-state index < -0.39 is 0 Å². The van der Waals surface area contributed by atoms with Crippen molar-refractivity contribution in [1.82, 2.24) is 0 Å². The van der Waals surface area contributed by atoms with Crippen molar-refractivity contribution in [2.45, 2.75) is 11.8 Å². The lowest BCUT2D eigenvalue weighted by atomic mass is 10.0. The number of rotatable bonds is 3. The van der Waals surface area contributed by atoms with Crippen molar-refractivity contribution in [3.63, 3.8) is 0 Å². The van der Waals surface area contributed by atoms with E-state index >= 15 is 0 Å². The summed E-state index contributed by atoms with van der Waals surface area (Å²) in [5.74, 6) is -0.242. The number of alkyl halides is 1. The summed E-state index contributed by atoms with van der Waals surface area (Å²) in [7, 11) is 0. The van der Waals surface area contributed by atoms with E-state index in [-0.39, 0.29) is 11.2 Å². The summed E-state index contributed by atoms with van der Waals surface area (Å²) in [5, 5.41) is 0.439. The third-order valence-corrected chi connectivity index (χ3v) is 4.23. The highest BCUT2D eigenvalue weighted by Gasteiger charge is 2.11. The Labute approximate surface area is 124 Å². The van der Waals surface area contributed by atoms with E-state index in [0.29, 0.717) is 11.4 Å². The zero-order valence-corrected chi connectivity index (χ0v) is 12.4. The Kier molecular flexibility index (Phi) is 4.66. The number of benzene rings is 2. The molecule has 0 aliphatic carbocycles. The molecule has 0 spiro atoms. The third-order valence-electron chi connectivity index (χ3n) is 2.61. The first-order chi connectivity index (χ1) is 8.56. The first-order valence-corrected chi connectivity index (χ1v) is 7.00. The monoisotopic (exact) mass is 346 g/mol. The van der Waals surface area contributed by atoms with Crippen LogP contribution in [0.3, 0.4) is 0 Å². The van der Waals surface area contributed by atoms with E-state index in [1.807, 2.05) is 18.2 Å². The molecule has 0 amide bonds. The maximum Gasteiger partial charge on any atom is 0.123 e. The summed E-state index contributed by atoms with van der Waals surface area (Å²) in [4.78, 5) is 0. The van der Waals surface area contributed by atoms with E-state index in [9.17, 15) is 4.39 Å². The van der Waals surface area contributed by atoms with Crippen LogP contribution in [0, 0.1) is 5.82 Å². The Bertz CT molecular complexity index is 557. The summed E-state index contributed by atoms with van der Waals surface area (Å²) in [6.07, 6.45) is 0.577. The quantitative estimate of drug-likeness (QED) is 0.619. The minimum Gasteiger partial charge on any atom is -0.207 e. The molecule has 0 bridgehead atoms. The fraction of sp³-hybridized carbons (Fsp3) is 0.143. The molecule has 94 valence electrons. The van der Waals surface area contributed by atoms with Crippen LogP contribution in [0.4, 0.5) is 4.39 Å². The first kappa shape index (κ1) is 13.9. The minimum absolute atomic E-state index is 0.208. The second kappa shape index (κ2) is 6.05. The molecule has 0 radical (unpaired) electrons. The fourth-order valence-corrected chi connectivity index (χ4v) is 2.52. The first-order valence-electron chi connectivity index (χ1n) is 5.40. The van der Waals surface area contributed by atoms with Gasteiger partial charge in [-0.2, -0.15) is 0 Å². The van der Waals surface area contributed by atoms with Gasteiger partial charge >= 0.3 is 0 Å². The van der Waals surface area contributed by atoms with Crippen LogP contribution >= 0.6 is 39.1 Å². The molecule has 0 N–H and O–H groups in total. The summed E-state index contributed by atoms with van der Waals surface area (Å²) in [6, 6.07) is 12.0. The summed E-state index contributed by atoms with van der Waals surface area (Å²) >= 11 is 15.6. The molecule has 0 saturated carbocycles. The Morgan fingerprint density at radius 1 is 1.17 bits per heavy atom. The molecular weight excluding hydrogens is 338 g/mol. The molecule has 0 saturated heterocycles. The lowest BCUT2D eigenvalue weighted by molar-refractivity contribution is 0.625. The van der Waals surface area contributed by atoms with Crippen LogP contribution in [-0.2, 0) is 6.42 Å². The van der Waals surface area contributed by atoms with Crippen molar-refractivity contribution < 1.29 is 4.39 Å². The van der Waals surface area contributed by atoms with Gasteiger partial charge in [-0.05, 0) is 57.7 Å². The maximum absolute atomic E-state index is 13.1. The number of hydrogen-bond donors (Lipinski definition) is 0. The van der Waals surface area contributed by atoms with Gasteiger partial charge in [0.1, 0.15) is 5.82 Å². The molecule has 0 aliphatic heterocycles. The van der Waals surface area contributed by atoms with Crippen LogP contribution in [0.25, 0.3) is 0 Å². The number of hydrogen-bond acceptors (Lipinski definition) is 0. The molecule has 18 heavy (non-hydrogen) atoms. The normalized spacial score (nSPS) is 12.4. The van der Waals surface area contributed by atoms with Gasteiger partial charge in [-0.1, -0.05) is 29.8 Å². The second-order valence-electron chi connectivity index (χ2n) is 3.98. The van der Waals surface area contributed by atoms with Crippen molar-refractivity contribution in [1.29, 1.82) is 0 Å². The maximum atomic E-state index is 13.1. The molecule has 2 aromatic rings. The van der Waals surface area contributed by atoms with Gasteiger partial charge in [0.2, 0.25) is 0 Å². The summed E-state index contributed by atoms with van der Waals surface area (Å²) in [5.41, 5.74) is 1.83. The second-order valence-corrected chi connectivity index (χ2v) is 5.76. The van der Waals surface area contributed by atoms with E-state index in [2.05, 4.69) is 15.9 Å². The lowest BCUT2D eigenvalue weighted by Crippen LogP contribution is -1.96. The Morgan fingerprint density at radius 3 is 2.61 bits per heavy atom. The van der Waals surface area contributed by atoms with Crippen LogP contribution in [0.5, 0.6) is 0 Å². The Balaban J connectivity index is 2.16. The molecule has 2 rings (SSSR count). The summed E-state index contributed by atoms with van der Waals surface area (Å²) < 4.78 is 13.9. The lowest BCUT2D eigenvalue weighted by Gasteiger charge is -2.11. The van der Waals surface area contributed by atoms with Crippen molar-refractivity contribution in [3.05, 3.63) is 68.9 Å². The van der Waals surface area contributed by atoms with Gasteiger partial charge in [0.15, 0.2) is 0 Å². The average molecular weight is 348 g/mol. The van der Waals surface area contributed by atoms with Crippen molar-refractivity contribution in [2.75, 3.05) is 0 Å². The predicted molar refractivity (Wildman–Crippen MR) is 77.9 cm³/mol. The molecule has 2 aromatic carbocycles. The average Bonchev–Trinajstić information content (AvgIpc) is 2.32. The van der Waals surface area contributed by atoms with Crippen LogP contribution < -0.4 is 0 Å². The van der Waals surface area contributed by atoms with E-state index in [4.69, 9.17) is 23.2 Å². The molecular formula is C14H10BrCl2F. The van der Waals surface area contributed by atoms with Gasteiger partial charge in [0.05, 0.1) is 10.4 Å². The molecule has 0 heterocycles. The van der Waals surface area contributed by atoms with Crippen LogP contribution in [0.1, 0.15) is 16.5 Å². The van der Waals surface area contributed by atoms with E-state index in [1.165, 1.54) is 12.1 Å². The molecule has 0 aliphatic rings. The Morgan fingerprint density at radius 2 is 1.94 bits per heavy atom. The van der Waals surface area contributed by atoms with Crippen LogP contribution in [0.2, 0.25) is 5.02 Å². The highest BCUT2D eigenvalue weighted by atomic mass is 79.9. The minimum atomic E-state index is -0.242. The standard InChI is InChI=1S/C14H10BrCl2F/c15-12-8-10(4-5-13(12)16)14(17)7-9-2-1-3-11(18)6-9/h1-6,8,14H,7H2. The van der Waals surface area contributed by atoms with Gasteiger partial charge < -0.3 is 0 Å². The summed E-state index contributed by atoms with van der Waals surface area (Å²) in [6.45, 7) is 0. The predicted octanol–water partition coefficient (Wildman–Crippen LogP) is 5.76. The van der Waals surface area contributed by atoms with Crippen LogP contribution in [-0.4, -0.2) is 0 Å². The largest absolute Gasteiger partial charge is 0.207 e. The SMILES string of the molecule is Fc1cccc(CC(Cl)c2ccc(Cl)c(Br)c2)c1. The molecule has 4 heteroatoms. The van der Waals surface area contributed by atoms with Gasteiger partial charge in [0, 0.05) is 4.47 Å². The molecule has 1 atom stereocenters. The highest BCUT2D eigenvalue weighted by Crippen LogP contribution is 2.30. The van der Waals surface area contributed by atoms with Gasteiger partial charge in [-0.15, -0.1) is 11.6 Å². The van der Waals surface area contributed by atoms with Crippen LogP contribution in [0.15, 0.2) is 46.9 Å². The van der Waals surface area contributed by atoms with Gasteiger partial charge in [-0.25, -0.2) is 4.39 Å². The smallest absolute Gasteiger partial charge is 0.123 e.